The zero-order valence-electron chi connectivity index (χ0n) is 16.3. The molecule has 1 aliphatic carbocycles. The topological polar surface area (TPSA) is 57.5 Å². The first-order valence-corrected chi connectivity index (χ1v) is 11.1. The molecule has 0 aromatic heterocycles. The van der Waals surface area contributed by atoms with Crippen molar-refractivity contribution in [3.05, 3.63) is 64.7 Å². The monoisotopic (exact) mass is 418 g/mol. The molecule has 2 unspecified atom stereocenters. The summed E-state index contributed by atoms with van der Waals surface area (Å²) in [6, 6.07) is 13.4. The van der Waals surface area contributed by atoms with Gasteiger partial charge in [-0.2, -0.15) is 0 Å². The van der Waals surface area contributed by atoms with Crippen LogP contribution in [-0.2, 0) is 6.42 Å². The number of halogens is 1. The lowest BCUT2D eigenvalue weighted by Gasteiger charge is -2.23. The van der Waals surface area contributed by atoms with Crippen LogP contribution in [0.5, 0.6) is 0 Å². The number of aliphatic hydroxyl groups excluding tert-OH is 1. The van der Waals surface area contributed by atoms with E-state index < -0.39 is 5.97 Å². The fourth-order valence-electron chi connectivity index (χ4n) is 3.98. The van der Waals surface area contributed by atoms with Crippen LogP contribution in [0.4, 0.5) is 0 Å². The van der Waals surface area contributed by atoms with Gasteiger partial charge in [-0.1, -0.05) is 24.3 Å². The summed E-state index contributed by atoms with van der Waals surface area (Å²) in [5.41, 5.74) is 4.00. The number of aryl methyl sites for hydroxylation is 2. The van der Waals surface area contributed by atoms with Crippen LogP contribution in [0.1, 0.15) is 39.9 Å². The molecule has 150 valence electrons. The van der Waals surface area contributed by atoms with E-state index >= 15 is 0 Å². The molecule has 2 aromatic rings. The fourth-order valence-corrected chi connectivity index (χ4v) is 5.95. The Kier molecular flexibility index (Phi) is 7.08. The first-order valence-electron chi connectivity index (χ1n) is 9.70. The van der Waals surface area contributed by atoms with Crippen LogP contribution in [0.15, 0.2) is 47.4 Å². The van der Waals surface area contributed by atoms with Gasteiger partial charge < -0.3 is 10.2 Å². The van der Waals surface area contributed by atoms with Crippen LogP contribution in [-0.4, -0.2) is 33.4 Å². The molecule has 2 aromatic carbocycles. The van der Waals surface area contributed by atoms with Gasteiger partial charge >= 0.3 is 5.97 Å². The summed E-state index contributed by atoms with van der Waals surface area (Å²) in [4.78, 5) is 12.3. The quantitative estimate of drug-likeness (QED) is 0.471. The summed E-state index contributed by atoms with van der Waals surface area (Å²) in [6.45, 7) is 4.28. The minimum absolute atomic E-state index is 0.00741. The Morgan fingerprint density at radius 1 is 1.14 bits per heavy atom. The molecule has 3 nitrogen and oxygen atoms in total. The van der Waals surface area contributed by atoms with Gasteiger partial charge in [0.25, 0.3) is 0 Å². The lowest BCUT2D eigenvalue weighted by Crippen LogP contribution is -2.23. The predicted molar refractivity (Wildman–Crippen MR) is 116 cm³/mol. The van der Waals surface area contributed by atoms with Crippen LogP contribution in [0.25, 0.3) is 0 Å². The second-order valence-electron chi connectivity index (χ2n) is 7.70. The lowest BCUT2D eigenvalue weighted by atomic mass is 9.89. The highest BCUT2D eigenvalue weighted by molar-refractivity contribution is 7.99. The summed E-state index contributed by atoms with van der Waals surface area (Å²) < 4.78 is 0. The first-order chi connectivity index (χ1) is 13.4. The van der Waals surface area contributed by atoms with Gasteiger partial charge in [0.2, 0.25) is 0 Å². The number of benzene rings is 2. The zero-order valence-corrected chi connectivity index (χ0v) is 17.8. The minimum Gasteiger partial charge on any atom is -0.478 e. The largest absolute Gasteiger partial charge is 0.478 e. The van der Waals surface area contributed by atoms with E-state index in [9.17, 15) is 9.90 Å². The van der Waals surface area contributed by atoms with Gasteiger partial charge in [-0.05, 0) is 79.8 Å². The van der Waals surface area contributed by atoms with E-state index in [1.54, 1.807) is 12.1 Å². The first kappa shape index (κ1) is 21.2. The highest BCUT2D eigenvalue weighted by atomic mass is 35.5. The Morgan fingerprint density at radius 2 is 1.86 bits per heavy atom. The number of hydrogen-bond donors (Lipinski definition) is 2. The van der Waals surface area contributed by atoms with E-state index in [1.165, 1.54) is 16.0 Å². The normalized spacial score (nSPS) is 24.4. The number of rotatable bonds is 7. The minimum atomic E-state index is -0.911. The number of carboxylic acids is 1. The molecule has 4 atom stereocenters. The molecule has 0 spiro atoms. The number of hydrogen-bond acceptors (Lipinski definition) is 3. The molecule has 2 N–H and O–H groups in total. The predicted octanol–water partition coefficient (Wildman–Crippen LogP) is 5.33. The molecule has 0 aliphatic heterocycles. The Morgan fingerprint density at radius 3 is 2.54 bits per heavy atom. The molecule has 0 bridgehead atoms. The number of aliphatic hydroxyl groups is 1. The molecule has 5 heteroatoms. The second kappa shape index (κ2) is 9.34. The molecular formula is C23H27ClO3S. The van der Waals surface area contributed by atoms with E-state index in [0.717, 1.165) is 24.2 Å². The van der Waals surface area contributed by atoms with Crippen molar-refractivity contribution in [2.45, 2.75) is 49.5 Å². The number of alkyl halides is 1. The van der Waals surface area contributed by atoms with Crippen molar-refractivity contribution in [1.82, 2.24) is 0 Å². The Labute approximate surface area is 176 Å². The molecule has 3 rings (SSSR count). The molecule has 1 aliphatic rings. The number of thioether (sulfide) groups is 1. The van der Waals surface area contributed by atoms with Crippen molar-refractivity contribution in [3.8, 4) is 0 Å². The van der Waals surface area contributed by atoms with Gasteiger partial charge in [0.15, 0.2) is 0 Å². The van der Waals surface area contributed by atoms with E-state index in [1.807, 2.05) is 23.9 Å². The second-order valence-corrected chi connectivity index (χ2v) is 9.32. The SMILES string of the molecule is Cc1cccc(SC[C@H]2C(Cl)CC(O)[C@@H]2CCc2ccc(C(=O)O)cc2)c1C. The molecule has 0 heterocycles. The Balaban J connectivity index is 1.63. The van der Waals surface area contributed by atoms with E-state index in [2.05, 4.69) is 32.0 Å². The third kappa shape index (κ3) is 4.91. The van der Waals surface area contributed by atoms with Crippen LogP contribution >= 0.6 is 23.4 Å². The van der Waals surface area contributed by atoms with Crippen molar-refractivity contribution in [2.24, 2.45) is 11.8 Å². The summed E-state index contributed by atoms with van der Waals surface area (Å²) in [5, 5.41) is 19.6. The average Bonchev–Trinajstić information content (AvgIpc) is 2.94. The third-order valence-electron chi connectivity index (χ3n) is 5.93. The Bertz CT molecular complexity index is 821. The van der Waals surface area contributed by atoms with Gasteiger partial charge in [0, 0.05) is 16.0 Å². The van der Waals surface area contributed by atoms with Crippen molar-refractivity contribution in [1.29, 1.82) is 0 Å². The number of carboxylic acid groups (broad SMARTS) is 1. The van der Waals surface area contributed by atoms with Crippen molar-refractivity contribution >= 4 is 29.3 Å². The molecule has 0 saturated heterocycles. The van der Waals surface area contributed by atoms with Gasteiger partial charge in [-0.3, -0.25) is 0 Å². The van der Waals surface area contributed by atoms with Crippen molar-refractivity contribution in [3.63, 3.8) is 0 Å². The molecule has 0 radical (unpaired) electrons. The maximum atomic E-state index is 11.0. The number of carbonyl (C=O) groups is 1. The molecule has 0 amide bonds. The summed E-state index contributed by atoms with van der Waals surface area (Å²) >= 11 is 8.44. The van der Waals surface area contributed by atoms with Crippen LogP contribution < -0.4 is 0 Å². The van der Waals surface area contributed by atoms with Gasteiger partial charge in [-0.25, -0.2) is 4.79 Å². The van der Waals surface area contributed by atoms with Crippen LogP contribution in [0.2, 0.25) is 0 Å². The maximum Gasteiger partial charge on any atom is 0.335 e. The maximum absolute atomic E-state index is 11.0. The van der Waals surface area contributed by atoms with E-state index in [4.69, 9.17) is 16.7 Å². The summed E-state index contributed by atoms with van der Waals surface area (Å²) in [5.74, 6) is 0.420. The third-order valence-corrected chi connectivity index (χ3v) is 7.74. The smallest absolute Gasteiger partial charge is 0.335 e. The van der Waals surface area contributed by atoms with Gasteiger partial charge in [0.05, 0.1) is 11.7 Å². The molecule has 1 saturated carbocycles. The highest BCUT2D eigenvalue weighted by Crippen LogP contribution is 2.42. The molecular weight excluding hydrogens is 392 g/mol. The highest BCUT2D eigenvalue weighted by Gasteiger charge is 2.41. The van der Waals surface area contributed by atoms with Gasteiger partial charge in [-0.15, -0.1) is 23.4 Å². The number of aromatic carboxylic acids is 1. The lowest BCUT2D eigenvalue weighted by molar-refractivity contribution is 0.0697. The van der Waals surface area contributed by atoms with E-state index in [0.29, 0.717) is 12.0 Å². The van der Waals surface area contributed by atoms with Gasteiger partial charge in [0.1, 0.15) is 0 Å². The van der Waals surface area contributed by atoms with Crippen molar-refractivity contribution < 1.29 is 15.0 Å². The Hall–Kier alpha value is -1.49. The molecule has 28 heavy (non-hydrogen) atoms. The fraction of sp³-hybridized carbons (Fsp3) is 0.435. The standard InChI is InChI=1S/C23H27ClO3S/c1-14-4-3-5-22(15(14)2)28-13-19-18(21(25)12-20(19)24)11-8-16-6-9-17(10-7-16)23(26)27/h3-7,9-10,18-21,25H,8,11-13H2,1-2H3,(H,26,27)/t18-,19-,20?,21?/m1/s1. The van der Waals surface area contributed by atoms with E-state index in [-0.39, 0.29) is 23.3 Å². The molecule has 1 fully saturated rings. The summed E-state index contributed by atoms with van der Waals surface area (Å²) in [6.07, 6.45) is 1.94. The van der Waals surface area contributed by atoms with Crippen LogP contribution in [0, 0.1) is 25.7 Å². The average molecular weight is 419 g/mol. The zero-order chi connectivity index (χ0) is 20.3. The summed E-state index contributed by atoms with van der Waals surface area (Å²) in [7, 11) is 0. The van der Waals surface area contributed by atoms with Crippen LogP contribution in [0.3, 0.4) is 0 Å². The van der Waals surface area contributed by atoms with Crippen molar-refractivity contribution in [2.75, 3.05) is 5.75 Å².